The zero-order valence-electron chi connectivity index (χ0n) is 12.4. The molecular formula is C16H17FN2O3. The van der Waals surface area contributed by atoms with E-state index in [-0.39, 0.29) is 17.5 Å². The monoisotopic (exact) mass is 304 g/mol. The summed E-state index contributed by atoms with van der Waals surface area (Å²) in [5, 5.41) is 13.8. The maximum Gasteiger partial charge on any atom is 0.269 e. The molecule has 1 atom stereocenters. The van der Waals surface area contributed by atoms with Crippen molar-refractivity contribution >= 4 is 5.69 Å². The second-order valence-electron chi connectivity index (χ2n) is 4.92. The molecule has 0 radical (unpaired) electrons. The lowest BCUT2D eigenvalue weighted by atomic mass is 10.1. The van der Waals surface area contributed by atoms with Crippen LogP contribution in [0.5, 0.6) is 5.75 Å². The minimum absolute atomic E-state index is 0.0596. The van der Waals surface area contributed by atoms with E-state index in [1.54, 1.807) is 24.3 Å². The summed E-state index contributed by atoms with van der Waals surface area (Å²) in [5.74, 6) is -0.185. The van der Waals surface area contributed by atoms with E-state index < -0.39 is 10.7 Å². The fraction of sp³-hybridized carbons (Fsp3) is 0.250. The van der Waals surface area contributed by atoms with E-state index in [1.807, 2.05) is 6.92 Å². The Kier molecular flexibility index (Phi) is 5.06. The van der Waals surface area contributed by atoms with E-state index in [0.717, 1.165) is 11.1 Å². The Morgan fingerprint density at radius 2 is 1.95 bits per heavy atom. The lowest BCUT2D eigenvalue weighted by Crippen LogP contribution is -2.18. The summed E-state index contributed by atoms with van der Waals surface area (Å²) < 4.78 is 18.6. The largest absolute Gasteiger partial charge is 0.494 e. The minimum Gasteiger partial charge on any atom is -0.494 e. The highest BCUT2D eigenvalue weighted by Gasteiger charge is 2.10. The van der Waals surface area contributed by atoms with Crippen LogP contribution in [0.3, 0.4) is 0 Å². The number of hydrogen-bond donors (Lipinski definition) is 1. The molecule has 1 N–H and O–H groups in total. The Hall–Kier alpha value is -2.47. The van der Waals surface area contributed by atoms with Gasteiger partial charge in [0.1, 0.15) is 0 Å². The molecule has 2 aromatic rings. The molecule has 2 rings (SSSR count). The number of non-ortho nitro benzene ring substituents is 1. The molecule has 0 saturated heterocycles. The van der Waals surface area contributed by atoms with Gasteiger partial charge in [-0.2, -0.15) is 0 Å². The van der Waals surface area contributed by atoms with E-state index in [4.69, 9.17) is 4.74 Å². The van der Waals surface area contributed by atoms with E-state index >= 15 is 0 Å². The molecule has 0 fully saturated rings. The molecule has 0 bridgehead atoms. The third kappa shape index (κ3) is 3.79. The number of nitro groups is 1. The Balaban J connectivity index is 1.98. The van der Waals surface area contributed by atoms with Gasteiger partial charge in [-0.05, 0) is 30.2 Å². The first-order chi connectivity index (χ1) is 10.5. The van der Waals surface area contributed by atoms with Gasteiger partial charge in [-0.15, -0.1) is 0 Å². The first-order valence-corrected chi connectivity index (χ1v) is 6.81. The summed E-state index contributed by atoms with van der Waals surface area (Å²) >= 11 is 0. The Labute approximate surface area is 127 Å². The zero-order valence-corrected chi connectivity index (χ0v) is 12.4. The molecule has 5 nitrogen and oxygen atoms in total. The third-order valence-corrected chi connectivity index (χ3v) is 3.44. The van der Waals surface area contributed by atoms with Crippen molar-refractivity contribution in [2.24, 2.45) is 0 Å². The second-order valence-corrected chi connectivity index (χ2v) is 4.92. The van der Waals surface area contributed by atoms with Gasteiger partial charge < -0.3 is 10.1 Å². The Morgan fingerprint density at radius 3 is 2.50 bits per heavy atom. The van der Waals surface area contributed by atoms with Gasteiger partial charge >= 0.3 is 0 Å². The average molecular weight is 304 g/mol. The summed E-state index contributed by atoms with van der Waals surface area (Å²) in [7, 11) is 1.42. The van der Waals surface area contributed by atoms with E-state index in [1.165, 1.54) is 25.3 Å². The molecule has 6 heteroatoms. The van der Waals surface area contributed by atoms with Crippen LogP contribution in [0.4, 0.5) is 10.1 Å². The van der Waals surface area contributed by atoms with E-state index in [2.05, 4.69) is 5.32 Å². The number of nitro benzene ring substituents is 1. The molecule has 116 valence electrons. The second kappa shape index (κ2) is 7.00. The highest BCUT2D eigenvalue weighted by Crippen LogP contribution is 2.22. The maximum absolute atomic E-state index is 13.7. The number of nitrogens with one attached hydrogen (secondary N) is 1. The predicted octanol–water partition coefficient (Wildman–Crippen LogP) is 3.59. The van der Waals surface area contributed by atoms with Crippen LogP contribution in [0.25, 0.3) is 0 Å². The number of nitrogens with zero attached hydrogens (tertiary/aromatic N) is 1. The molecular weight excluding hydrogens is 287 g/mol. The van der Waals surface area contributed by atoms with Crippen LogP contribution < -0.4 is 10.1 Å². The third-order valence-electron chi connectivity index (χ3n) is 3.44. The standard InChI is InChI=1S/C16H17FN2O3/c1-11(13-5-8-16(22-2)15(17)9-13)18-10-12-3-6-14(7-4-12)19(20)21/h3-9,11,18H,10H2,1-2H3/t11-/m1/s1. The first-order valence-electron chi connectivity index (χ1n) is 6.81. The molecule has 0 aliphatic heterocycles. The molecule has 0 amide bonds. The number of ether oxygens (including phenoxy) is 1. The van der Waals surface area contributed by atoms with E-state index in [0.29, 0.717) is 6.54 Å². The van der Waals surface area contributed by atoms with Gasteiger partial charge in [0.15, 0.2) is 11.6 Å². The van der Waals surface area contributed by atoms with Crippen molar-refractivity contribution < 1.29 is 14.1 Å². The minimum atomic E-state index is -0.431. The van der Waals surface area contributed by atoms with Gasteiger partial charge in [0.05, 0.1) is 12.0 Å². The SMILES string of the molecule is COc1ccc([C@@H](C)NCc2ccc([N+](=O)[O-])cc2)cc1F. The van der Waals surface area contributed by atoms with Crippen molar-refractivity contribution in [2.75, 3.05) is 7.11 Å². The van der Waals surface area contributed by atoms with Gasteiger partial charge in [-0.1, -0.05) is 18.2 Å². The summed E-state index contributed by atoms with van der Waals surface area (Å²) in [6.07, 6.45) is 0. The van der Waals surface area contributed by atoms with Crippen LogP contribution in [-0.4, -0.2) is 12.0 Å². The quantitative estimate of drug-likeness (QED) is 0.654. The van der Waals surface area contributed by atoms with Crippen LogP contribution >= 0.6 is 0 Å². The van der Waals surface area contributed by atoms with Gasteiger partial charge in [0.25, 0.3) is 5.69 Å². The van der Waals surface area contributed by atoms with Crippen LogP contribution in [0.1, 0.15) is 24.1 Å². The average Bonchev–Trinajstić information content (AvgIpc) is 2.52. The number of rotatable bonds is 6. The fourth-order valence-corrected chi connectivity index (χ4v) is 2.08. The molecule has 22 heavy (non-hydrogen) atoms. The summed E-state index contributed by atoms with van der Waals surface area (Å²) in [4.78, 5) is 10.2. The molecule has 2 aromatic carbocycles. The molecule has 0 heterocycles. The number of methoxy groups -OCH3 is 1. The highest BCUT2D eigenvalue weighted by molar-refractivity contribution is 5.33. The van der Waals surface area contributed by atoms with Gasteiger partial charge in [0.2, 0.25) is 0 Å². The maximum atomic E-state index is 13.7. The van der Waals surface area contributed by atoms with Crippen molar-refractivity contribution in [3.63, 3.8) is 0 Å². The van der Waals surface area contributed by atoms with E-state index in [9.17, 15) is 14.5 Å². The molecule has 0 spiro atoms. The number of benzene rings is 2. The smallest absolute Gasteiger partial charge is 0.269 e. The van der Waals surface area contributed by atoms with Crippen molar-refractivity contribution in [3.05, 3.63) is 69.5 Å². The summed E-state index contributed by atoms with van der Waals surface area (Å²) in [5.41, 5.74) is 1.79. The van der Waals surface area contributed by atoms with Crippen molar-refractivity contribution in [3.8, 4) is 5.75 Å². The summed E-state index contributed by atoms with van der Waals surface area (Å²) in [6.45, 7) is 2.46. The predicted molar refractivity (Wildman–Crippen MR) is 81.3 cm³/mol. The topological polar surface area (TPSA) is 64.4 Å². The zero-order chi connectivity index (χ0) is 16.1. The van der Waals surface area contributed by atoms with Crippen LogP contribution in [0.15, 0.2) is 42.5 Å². The lowest BCUT2D eigenvalue weighted by Gasteiger charge is -2.15. The lowest BCUT2D eigenvalue weighted by molar-refractivity contribution is -0.384. The van der Waals surface area contributed by atoms with Crippen molar-refractivity contribution in [2.45, 2.75) is 19.5 Å². The summed E-state index contributed by atoms with van der Waals surface area (Å²) in [6, 6.07) is 11.1. The van der Waals surface area contributed by atoms with Crippen molar-refractivity contribution in [1.82, 2.24) is 5.32 Å². The molecule has 0 unspecified atom stereocenters. The molecule has 0 saturated carbocycles. The highest BCUT2D eigenvalue weighted by atomic mass is 19.1. The molecule has 0 aromatic heterocycles. The van der Waals surface area contributed by atoms with Gasteiger partial charge in [-0.25, -0.2) is 4.39 Å². The van der Waals surface area contributed by atoms with Crippen molar-refractivity contribution in [1.29, 1.82) is 0 Å². The molecule has 0 aliphatic carbocycles. The molecule has 0 aliphatic rings. The number of hydrogen-bond acceptors (Lipinski definition) is 4. The normalized spacial score (nSPS) is 12.0. The van der Waals surface area contributed by atoms with Crippen LogP contribution in [0.2, 0.25) is 0 Å². The van der Waals surface area contributed by atoms with Crippen LogP contribution in [-0.2, 0) is 6.54 Å². The van der Waals surface area contributed by atoms with Crippen LogP contribution in [0, 0.1) is 15.9 Å². The van der Waals surface area contributed by atoms with Gasteiger partial charge in [-0.3, -0.25) is 10.1 Å². The Morgan fingerprint density at radius 1 is 1.27 bits per heavy atom. The Bertz CT molecular complexity index is 659. The number of halogens is 1. The van der Waals surface area contributed by atoms with Gasteiger partial charge in [0, 0.05) is 24.7 Å². The first kappa shape index (κ1) is 15.9. The fourth-order valence-electron chi connectivity index (χ4n) is 2.08.